The van der Waals surface area contributed by atoms with Crippen molar-refractivity contribution in [1.29, 1.82) is 0 Å². The highest BCUT2D eigenvalue weighted by molar-refractivity contribution is 5.90. The highest BCUT2D eigenvalue weighted by Crippen LogP contribution is 2.02. The number of nitrogens with one attached hydrogen (secondary N) is 2. The Kier molecular flexibility index (Phi) is 6.41. The van der Waals surface area contributed by atoms with Crippen molar-refractivity contribution in [2.75, 3.05) is 6.54 Å². The van der Waals surface area contributed by atoms with E-state index >= 15 is 0 Å². The monoisotopic (exact) mass is 339 g/mol. The van der Waals surface area contributed by atoms with E-state index < -0.39 is 11.9 Å². The Morgan fingerprint density at radius 1 is 0.960 bits per heavy atom. The normalized spacial score (nSPS) is 10.4. The molecule has 0 aromatic heterocycles. The second-order valence-electron chi connectivity index (χ2n) is 5.16. The predicted molar refractivity (Wildman–Crippen MR) is 92.3 cm³/mol. The van der Waals surface area contributed by atoms with Crippen molar-refractivity contribution in [3.63, 3.8) is 0 Å². The summed E-state index contributed by atoms with van der Waals surface area (Å²) >= 11 is 0. The molecule has 0 spiro atoms. The Balaban J connectivity index is 1.73. The first-order chi connectivity index (χ1) is 12.0. The number of hydrogen-bond acceptors (Lipinski definition) is 4. The summed E-state index contributed by atoms with van der Waals surface area (Å²) in [4.78, 5) is 34.1. The molecule has 0 aliphatic carbocycles. The summed E-state index contributed by atoms with van der Waals surface area (Å²) in [5.41, 5.74) is 3.96. The number of benzene rings is 2. The number of carbonyl (C=O) groups excluding carboxylic acids is 2. The first-order valence-corrected chi connectivity index (χ1v) is 7.50. The summed E-state index contributed by atoms with van der Waals surface area (Å²) in [7, 11) is 0. The van der Waals surface area contributed by atoms with Crippen LogP contribution in [0.4, 0.5) is 0 Å². The van der Waals surface area contributed by atoms with Crippen LogP contribution >= 0.6 is 0 Å². The second kappa shape index (κ2) is 8.97. The summed E-state index contributed by atoms with van der Waals surface area (Å²) in [5.74, 6) is -1.72. The van der Waals surface area contributed by atoms with Gasteiger partial charge in [0.1, 0.15) is 0 Å². The number of amides is 2. The lowest BCUT2D eigenvalue weighted by atomic mass is 10.1. The van der Waals surface area contributed by atoms with Crippen molar-refractivity contribution in [1.82, 2.24) is 10.7 Å². The van der Waals surface area contributed by atoms with E-state index in [1.54, 1.807) is 12.1 Å². The highest BCUT2D eigenvalue weighted by atomic mass is 16.4. The molecule has 0 fully saturated rings. The number of rotatable bonds is 7. The molecule has 128 valence electrons. The molecule has 0 atom stereocenters. The molecule has 0 aliphatic rings. The number of carbonyl (C=O) groups is 3. The molecule has 0 saturated heterocycles. The van der Waals surface area contributed by atoms with E-state index in [1.165, 1.54) is 18.3 Å². The average molecular weight is 339 g/mol. The lowest BCUT2D eigenvalue weighted by molar-refractivity contribution is -0.125. The molecule has 3 N–H and O–H groups in total. The molecule has 0 aliphatic heterocycles. The van der Waals surface area contributed by atoms with E-state index in [9.17, 15) is 14.4 Å². The van der Waals surface area contributed by atoms with E-state index in [0.717, 1.165) is 5.56 Å². The Labute approximate surface area is 144 Å². The van der Waals surface area contributed by atoms with Crippen LogP contribution < -0.4 is 10.7 Å². The minimum atomic E-state index is -1.01. The molecule has 2 amide bonds. The van der Waals surface area contributed by atoms with Gasteiger partial charge < -0.3 is 10.4 Å². The van der Waals surface area contributed by atoms with E-state index in [0.29, 0.717) is 5.56 Å². The van der Waals surface area contributed by atoms with Gasteiger partial charge in [-0.3, -0.25) is 9.59 Å². The standard InChI is InChI=1S/C18H17N3O4/c22-16(10-13-4-2-1-3-5-13)19-12-17(23)21-20-11-14-6-8-15(9-7-14)18(24)25/h1-9,11H,10,12H2,(H,19,22)(H,21,23)(H,24,25)/b20-11+. The minimum Gasteiger partial charge on any atom is -0.478 e. The molecule has 7 nitrogen and oxygen atoms in total. The van der Waals surface area contributed by atoms with E-state index in [1.807, 2.05) is 30.3 Å². The van der Waals surface area contributed by atoms with Gasteiger partial charge in [-0.15, -0.1) is 0 Å². The SMILES string of the molecule is O=C(Cc1ccccc1)NCC(=O)N/N=C/c1ccc(C(=O)O)cc1. The molecule has 0 unspecified atom stereocenters. The van der Waals surface area contributed by atoms with Gasteiger partial charge in [-0.2, -0.15) is 5.10 Å². The highest BCUT2D eigenvalue weighted by Gasteiger charge is 2.05. The van der Waals surface area contributed by atoms with Crippen LogP contribution in [0.5, 0.6) is 0 Å². The smallest absolute Gasteiger partial charge is 0.335 e. The van der Waals surface area contributed by atoms with Gasteiger partial charge in [0.2, 0.25) is 5.91 Å². The number of carboxylic acids is 1. The zero-order valence-corrected chi connectivity index (χ0v) is 13.3. The lowest BCUT2D eigenvalue weighted by Crippen LogP contribution is -2.35. The van der Waals surface area contributed by atoms with Crippen LogP contribution in [0.15, 0.2) is 59.7 Å². The van der Waals surface area contributed by atoms with Crippen molar-refractivity contribution >= 4 is 24.0 Å². The van der Waals surface area contributed by atoms with E-state index in [-0.39, 0.29) is 24.4 Å². The maximum atomic E-state index is 11.7. The molecule has 2 rings (SSSR count). The fourth-order valence-corrected chi connectivity index (χ4v) is 1.95. The summed E-state index contributed by atoms with van der Waals surface area (Å²) in [6, 6.07) is 15.2. The van der Waals surface area contributed by atoms with Gasteiger partial charge in [-0.1, -0.05) is 42.5 Å². The minimum absolute atomic E-state index is 0.169. The molecule has 0 bridgehead atoms. The van der Waals surface area contributed by atoms with Gasteiger partial charge in [0.15, 0.2) is 0 Å². The number of hydrogen-bond donors (Lipinski definition) is 3. The Morgan fingerprint density at radius 2 is 1.64 bits per heavy atom. The number of aromatic carboxylic acids is 1. The van der Waals surface area contributed by atoms with Gasteiger partial charge in [0.05, 0.1) is 24.7 Å². The molecular weight excluding hydrogens is 322 g/mol. The van der Waals surface area contributed by atoms with Gasteiger partial charge in [0, 0.05) is 0 Å². The van der Waals surface area contributed by atoms with Crippen LogP contribution in [-0.4, -0.2) is 35.6 Å². The molecule has 2 aromatic rings. The number of hydrazone groups is 1. The summed E-state index contributed by atoms with van der Waals surface area (Å²) in [5, 5.41) is 15.1. The molecule has 0 saturated carbocycles. The van der Waals surface area contributed by atoms with Crippen molar-refractivity contribution in [3.8, 4) is 0 Å². The van der Waals surface area contributed by atoms with E-state index in [2.05, 4.69) is 15.8 Å². The maximum Gasteiger partial charge on any atom is 0.335 e. The van der Waals surface area contributed by atoms with Crippen molar-refractivity contribution in [3.05, 3.63) is 71.3 Å². The third-order valence-electron chi connectivity index (χ3n) is 3.21. The van der Waals surface area contributed by atoms with Crippen LogP contribution in [-0.2, 0) is 16.0 Å². The Bertz CT molecular complexity index is 771. The van der Waals surface area contributed by atoms with Crippen LogP contribution in [0.2, 0.25) is 0 Å². The van der Waals surface area contributed by atoms with Gasteiger partial charge in [0.25, 0.3) is 5.91 Å². The van der Waals surface area contributed by atoms with Gasteiger partial charge >= 0.3 is 5.97 Å². The number of nitrogens with zero attached hydrogens (tertiary/aromatic N) is 1. The largest absolute Gasteiger partial charge is 0.478 e. The second-order valence-corrected chi connectivity index (χ2v) is 5.16. The van der Waals surface area contributed by atoms with Crippen LogP contribution in [0.25, 0.3) is 0 Å². The molecule has 2 aromatic carbocycles. The van der Waals surface area contributed by atoms with E-state index in [4.69, 9.17) is 5.11 Å². The summed E-state index contributed by atoms with van der Waals surface area (Å²) < 4.78 is 0. The fourth-order valence-electron chi connectivity index (χ4n) is 1.95. The molecular formula is C18H17N3O4. The Hall–Kier alpha value is -3.48. The first kappa shape index (κ1) is 17.9. The maximum absolute atomic E-state index is 11.7. The molecule has 0 radical (unpaired) electrons. The zero-order chi connectivity index (χ0) is 18.1. The predicted octanol–water partition coefficient (Wildman–Crippen LogP) is 1.19. The lowest BCUT2D eigenvalue weighted by Gasteiger charge is -2.04. The Morgan fingerprint density at radius 3 is 2.28 bits per heavy atom. The zero-order valence-electron chi connectivity index (χ0n) is 13.3. The van der Waals surface area contributed by atoms with Crippen LogP contribution in [0, 0.1) is 0 Å². The van der Waals surface area contributed by atoms with Crippen molar-refractivity contribution in [2.24, 2.45) is 5.10 Å². The third-order valence-corrected chi connectivity index (χ3v) is 3.21. The molecule has 0 heterocycles. The first-order valence-electron chi connectivity index (χ1n) is 7.50. The fraction of sp³-hybridized carbons (Fsp3) is 0.111. The van der Waals surface area contributed by atoms with Crippen molar-refractivity contribution < 1.29 is 19.5 Å². The van der Waals surface area contributed by atoms with Crippen molar-refractivity contribution in [2.45, 2.75) is 6.42 Å². The molecule has 25 heavy (non-hydrogen) atoms. The summed E-state index contributed by atoms with van der Waals surface area (Å²) in [6.45, 7) is -0.180. The van der Waals surface area contributed by atoms with Gasteiger partial charge in [-0.25, -0.2) is 10.2 Å². The van der Waals surface area contributed by atoms with Gasteiger partial charge in [-0.05, 0) is 23.3 Å². The number of carboxylic acid groups (broad SMARTS) is 1. The topological polar surface area (TPSA) is 108 Å². The summed E-state index contributed by atoms with van der Waals surface area (Å²) in [6.07, 6.45) is 1.59. The average Bonchev–Trinajstić information content (AvgIpc) is 2.61. The van der Waals surface area contributed by atoms with Crippen LogP contribution in [0.3, 0.4) is 0 Å². The molecule has 7 heteroatoms. The third kappa shape index (κ3) is 6.26. The van der Waals surface area contributed by atoms with Crippen LogP contribution in [0.1, 0.15) is 21.5 Å². The quantitative estimate of drug-likeness (QED) is 0.520.